The van der Waals surface area contributed by atoms with Crippen molar-refractivity contribution in [3.8, 4) is 0 Å². The van der Waals surface area contributed by atoms with E-state index in [9.17, 15) is 4.39 Å². The Morgan fingerprint density at radius 2 is 2.25 bits per heavy atom. The van der Waals surface area contributed by atoms with Gasteiger partial charge in [-0.15, -0.1) is 0 Å². The lowest BCUT2D eigenvalue weighted by Crippen LogP contribution is -2.35. The van der Waals surface area contributed by atoms with Gasteiger partial charge >= 0.3 is 0 Å². The molecule has 0 spiro atoms. The van der Waals surface area contributed by atoms with E-state index in [1.807, 2.05) is 0 Å². The van der Waals surface area contributed by atoms with E-state index in [4.69, 9.17) is 4.74 Å². The van der Waals surface area contributed by atoms with Crippen LogP contribution in [0.15, 0.2) is 0 Å². The third kappa shape index (κ3) is 1.25. The minimum absolute atomic E-state index is 0.0625. The molecule has 0 N–H and O–H groups in total. The molecule has 0 aromatic rings. The molecule has 0 radical (unpaired) electrons. The predicted octanol–water partition coefficient (Wildman–Crippen LogP) is 1.21. The molecule has 3 atom stereocenters. The van der Waals surface area contributed by atoms with Crippen molar-refractivity contribution in [3.05, 3.63) is 0 Å². The smallest absolute Gasteiger partial charge is 0.146 e. The number of alkyl halides is 1. The lowest BCUT2D eigenvalue weighted by Gasteiger charge is -2.24. The van der Waals surface area contributed by atoms with Crippen molar-refractivity contribution in [2.24, 2.45) is 0 Å². The highest BCUT2D eigenvalue weighted by molar-refractivity contribution is 5.09. The van der Waals surface area contributed by atoms with Crippen molar-refractivity contribution in [1.29, 1.82) is 0 Å². The molecular weight excluding hydrogens is 157 g/mol. The van der Waals surface area contributed by atoms with E-state index in [1.165, 1.54) is 0 Å². The van der Waals surface area contributed by atoms with Crippen molar-refractivity contribution >= 4 is 0 Å². The first-order chi connectivity index (χ1) is 5.72. The summed E-state index contributed by atoms with van der Waals surface area (Å²) in [6, 6.07) is 0.507. The maximum absolute atomic E-state index is 13.1. The lowest BCUT2D eigenvalue weighted by atomic mass is 10.3. The summed E-state index contributed by atoms with van der Waals surface area (Å²) in [6.07, 6.45) is 0.195. The molecular formula is C9H16FNO. The monoisotopic (exact) mass is 173 g/mol. The van der Waals surface area contributed by atoms with E-state index in [-0.39, 0.29) is 12.1 Å². The highest BCUT2D eigenvalue weighted by Crippen LogP contribution is 2.38. The van der Waals surface area contributed by atoms with Gasteiger partial charge < -0.3 is 4.74 Å². The molecule has 12 heavy (non-hydrogen) atoms. The number of hydrogen-bond acceptors (Lipinski definition) is 2. The van der Waals surface area contributed by atoms with Crippen molar-refractivity contribution < 1.29 is 9.13 Å². The molecule has 1 aliphatic carbocycles. The molecule has 1 saturated heterocycles. The van der Waals surface area contributed by atoms with Gasteiger partial charge in [-0.2, -0.15) is 0 Å². The van der Waals surface area contributed by atoms with Crippen LogP contribution in [0, 0.1) is 0 Å². The lowest BCUT2D eigenvalue weighted by molar-refractivity contribution is 0.105. The number of hydrogen-bond donors (Lipinski definition) is 0. The molecule has 0 bridgehead atoms. The predicted molar refractivity (Wildman–Crippen MR) is 44.9 cm³/mol. The van der Waals surface area contributed by atoms with E-state index in [1.54, 1.807) is 0 Å². The van der Waals surface area contributed by atoms with Gasteiger partial charge in [0.25, 0.3) is 0 Å². The van der Waals surface area contributed by atoms with Crippen LogP contribution in [0.5, 0.6) is 0 Å². The molecule has 2 aliphatic rings. The number of nitrogens with zero attached hydrogens (tertiary/aromatic N) is 1. The van der Waals surface area contributed by atoms with Gasteiger partial charge in [0.05, 0.1) is 6.04 Å². The summed E-state index contributed by atoms with van der Waals surface area (Å²) >= 11 is 0. The second kappa shape index (κ2) is 2.96. The summed E-state index contributed by atoms with van der Waals surface area (Å²) in [5.74, 6) is 0. The molecule has 2 nitrogen and oxygen atoms in total. The van der Waals surface area contributed by atoms with Gasteiger partial charge in [0.2, 0.25) is 0 Å². The number of rotatable bonds is 1. The number of ether oxygens (including phenoxy) is 1. The second-order valence-corrected chi connectivity index (χ2v) is 3.96. The average molecular weight is 173 g/mol. The molecule has 1 aliphatic heterocycles. The normalized spacial score (nSPS) is 42.5. The van der Waals surface area contributed by atoms with Crippen LogP contribution >= 0.6 is 0 Å². The number of halogens is 1. The van der Waals surface area contributed by atoms with Crippen LogP contribution in [-0.4, -0.2) is 42.4 Å². The minimum Gasteiger partial charge on any atom is -0.373 e. The van der Waals surface area contributed by atoms with Crippen LogP contribution < -0.4 is 0 Å². The Kier molecular flexibility index (Phi) is 2.09. The van der Waals surface area contributed by atoms with E-state index in [0.717, 1.165) is 19.6 Å². The SMILES string of the molecule is CC(C)N1CCCOC2C(F)C21. The Morgan fingerprint density at radius 1 is 1.50 bits per heavy atom. The van der Waals surface area contributed by atoms with Gasteiger partial charge in [0.1, 0.15) is 12.3 Å². The van der Waals surface area contributed by atoms with Gasteiger partial charge in [-0.3, -0.25) is 4.90 Å². The summed E-state index contributed by atoms with van der Waals surface area (Å²) in [5.41, 5.74) is 0. The van der Waals surface area contributed by atoms with E-state index in [0.29, 0.717) is 6.04 Å². The fraction of sp³-hybridized carbons (Fsp3) is 1.00. The zero-order valence-corrected chi connectivity index (χ0v) is 7.66. The third-order valence-corrected chi connectivity index (χ3v) is 2.75. The standard InChI is InChI=1S/C9H16FNO/c1-6(2)11-4-3-5-12-9-7(10)8(9)11/h6-9H,3-5H2,1-2H3. The highest BCUT2D eigenvalue weighted by Gasteiger charge is 2.57. The fourth-order valence-electron chi connectivity index (χ4n) is 2.01. The van der Waals surface area contributed by atoms with Gasteiger partial charge in [0, 0.05) is 19.2 Å². The first-order valence-electron chi connectivity index (χ1n) is 4.73. The van der Waals surface area contributed by atoms with Gasteiger partial charge in [-0.1, -0.05) is 0 Å². The molecule has 3 heteroatoms. The Balaban J connectivity index is 2.02. The zero-order chi connectivity index (χ0) is 8.72. The van der Waals surface area contributed by atoms with Crippen LogP contribution in [0.1, 0.15) is 20.3 Å². The van der Waals surface area contributed by atoms with E-state index in [2.05, 4.69) is 18.7 Å². The molecule has 0 aromatic carbocycles. The van der Waals surface area contributed by atoms with Crippen molar-refractivity contribution in [2.75, 3.05) is 13.2 Å². The van der Waals surface area contributed by atoms with Gasteiger partial charge in [-0.05, 0) is 20.3 Å². The first kappa shape index (κ1) is 8.45. The van der Waals surface area contributed by atoms with Crippen molar-refractivity contribution in [3.63, 3.8) is 0 Å². The molecule has 2 rings (SSSR count). The zero-order valence-electron chi connectivity index (χ0n) is 7.66. The van der Waals surface area contributed by atoms with Crippen LogP contribution in [0.25, 0.3) is 0 Å². The van der Waals surface area contributed by atoms with Crippen LogP contribution in [0.2, 0.25) is 0 Å². The summed E-state index contributed by atoms with van der Waals surface area (Å²) in [4.78, 5) is 2.22. The maximum atomic E-state index is 13.1. The molecule has 2 fully saturated rings. The molecule has 1 heterocycles. The quantitative estimate of drug-likeness (QED) is 0.591. The minimum atomic E-state index is -0.729. The van der Waals surface area contributed by atoms with Crippen molar-refractivity contribution in [2.45, 2.75) is 44.6 Å². The molecule has 1 saturated carbocycles. The summed E-state index contributed by atoms with van der Waals surface area (Å²) < 4.78 is 18.5. The average Bonchev–Trinajstić information content (AvgIpc) is 2.67. The van der Waals surface area contributed by atoms with Gasteiger partial charge in [-0.25, -0.2) is 4.39 Å². The summed E-state index contributed by atoms with van der Waals surface area (Å²) in [5, 5.41) is 0. The molecule has 70 valence electrons. The van der Waals surface area contributed by atoms with Crippen molar-refractivity contribution in [1.82, 2.24) is 4.90 Å². The fourth-order valence-corrected chi connectivity index (χ4v) is 2.01. The number of fused-ring (bicyclic) bond motifs is 1. The molecule has 0 amide bonds. The third-order valence-electron chi connectivity index (χ3n) is 2.75. The Morgan fingerprint density at radius 3 is 2.92 bits per heavy atom. The largest absolute Gasteiger partial charge is 0.373 e. The topological polar surface area (TPSA) is 12.5 Å². The van der Waals surface area contributed by atoms with E-state index >= 15 is 0 Å². The first-order valence-corrected chi connectivity index (χ1v) is 4.73. The highest BCUT2D eigenvalue weighted by atomic mass is 19.1. The molecule has 3 unspecified atom stereocenters. The summed E-state index contributed by atoms with van der Waals surface area (Å²) in [6.45, 7) is 5.95. The van der Waals surface area contributed by atoms with E-state index < -0.39 is 6.17 Å². The Labute approximate surface area is 72.7 Å². The van der Waals surface area contributed by atoms with Crippen LogP contribution in [0.4, 0.5) is 4.39 Å². The Bertz CT molecular complexity index is 174. The molecule has 0 aromatic heterocycles. The summed E-state index contributed by atoms with van der Waals surface area (Å²) in [7, 11) is 0. The Hall–Kier alpha value is -0.150. The van der Waals surface area contributed by atoms with Crippen LogP contribution in [0.3, 0.4) is 0 Å². The maximum Gasteiger partial charge on any atom is 0.146 e. The van der Waals surface area contributed by atoms with Gasteiger partial charge in [0.15, 0.2) is 0 Å². The van der Waals surface area contributed by atoms with Crippen LogP contribution in [-0.2, 0) is 4.74 Å². The second-order valence-electron chi connectivity index (χ2n) is 3.96.